The van der Waals surface area contributed by atoms with Crippen molar-refractivity contribution in [1.82, 2.24) is 0 Å². The fourth-order valence-electron chi connectivity index (χ4n) is 0.957. The summed E-state index contributed by atoms with van der Waals surface area (Å²) in [5.41, 5.74) is 3.10. The molecule has 46 valence electrons. The maximum Gasteiger partial charge on any atom is 0.133 e. The van der Waals surface area contributed by atoms with Gasteiger partial charge < -0.3 is 0 Å². The van der Waals surface area contributed by atoms with Crippen LogP contribution in [0.25, 0.3) is 0 Å². The van der Waals surface area contributed by atoms with Gasteiger partial charge in [0.1, 0.15) is 7.85 Å². The standard InChI is InChI=1S/C7H15B/c1-4-7(5-2)6(3)8/h4-5,8H2,1-3H3. The summed E-state index contributed by atoms with van der Waals surface area (Å²) in [6, 6.07) is 0. The van der Waals surface area contributed by atoms with Crippen molar-refractivity contribution in [3.63, 3.8) is 0 Å². The molecule has 0 bridgehead atoms. The number of allylic oxidation sites excluding steroid dienone is 2. The molecule has 0 saturated heterocycles. The first kappa shape index (κ1) is 7.80. The van der Waals surface area contributed by atoms with E-state index in [1.807, 2.05) is 0 Å². The Kier molecular flexibility index (Phi) is 3.67. The predicted octanol–water partition coefficient (Wildman–Crippen LogP) is 1.71. The van der Waals surface area contributed by atoms with E-state index in [0.717, 1.165) is 0 Å². The average Bonchev–Trinajstić information content (AvgIpc) is 1.69. The molecule has 0 unspecified atom stereocenters. The molecule has 0 N–H and O–H groups in total. The highest BCUT2D eigenvalue weighted by molar-refractivity contribution is 6.21. The third-order valence-electron chi connectivity index (χ3n) is 1.56. The highest BCUT2D eigenvalue weighted by Crippen LogP contribution is 2.08. The molecule has 0 amide bonds. The van der Waals surface area contributed by atoms with E-state index < -0.39 is 0 Å². The minimum Gasteiger partial charge on any atom is -0.114 e. The maximum absolute atomic E-state index is 2.21. The van der Waals surface area contributed by atoms with Gasteiger partial charge in [0.15, 0.2) is 0 Å². The van der Waals surface area contributed by atoms with Crippen LogP contribution in [0.3, 0.4) is 0 Å². The summed E-state index contributed by atoms with van der Waals surface area (Å²) >= 11 is 0. The Hall–Kier alpha value is -0.195. The second-order valence-corrected chi connectivity index (χ2v) is 2.31. The van der Waals surface area contributed by atoms with Crippen LogP contribution in [-0.4, -0.2) is 7.85 Å². The highest BCUT2D eigenvalue weighted by atomic mass is 13.9. The van der Waals surface area contributed by atoms with Crippen molar-refractivity contribution < 1.29 is 0 Å². The number of hydrogen-bond donors (Lipinski definition) is 0. The highest BCUT2D eigenvalue weighted by Gasteiger charge is 1.89. The van der Waals surface area contributed by atoms with Gasteiger partial charge in [0.05, 0.1) is 0 Å². The van der Waals surface area contributed by atoms with Gasteiger partial charge in [-0.25, -0.2) is 0 Å². The van der Waals surface area contributed by atoms with E-state index >= 15 is 0 Å². The lowest BCUT2D eigenvalue weighted by Crippen LogP contribution is -1.83. The van der Waals surface area contributed by atoms with Gasteiger partial charge in [0.2, 0.25) is 0 Å². The number of hydrogen-bond acceptors (Lipinski definition) is 0. The van der Waals surface area contributed by atoms with Crippen molar-refractivity contribution in [1.29, 1.82) is 0 Å². The summed E-state index contributed by atoms with van der Waals surface area (Å²) < 4.78 is 0. The van der Waals surface area contributed by atoms with Crippen molar-refractivity contribution in [2.45, 2.75) is 33.6 Å². The summed E-state index contributed by atoms with van der Waals surface area (Å²) in [5.74, 6) is 0. The molecule has 0 aliphatic rings. The topological polar surface area (TPSA) is 0 Å². The fraction of sp³-hybridized carbons (Fsp3) is 0.714. The molecular weight excluding hydrogens is 94.9 g/mol. The summed E-state index contributed by atoms with van der Waals surface area (Å²) in [4.78, 5) is 0. The Bertz CT molecular complexity index is 82.6. The first-order valence-electron chi connectivity index (χ1n) is 3.37. The lowest BCUT2D eigenvalue weighted by molar-refractivity contribution is 0.966. The molecule has 0 rings (SSSR count). The average molecular weight is 110 g/mol. The van der Waals surface area contributed by atoms with E-state index in [0.29, 0.717) is 0 Å². The van der Waals surface area contributed by atoms with Crippen LogP contribution < -0.4 is 0 Å². The van der Waals surface area contributed by atoms with Gasteiger partial charge in [0, 0.05) is 0 Å². The lowest BCUT2D eigenvalue weighted by atomic mass is 9.90. The molecule has 1 heteroatoms. The second-order valence-electron chi connectivity index (χ2n) is 2.31. The first-order chi connectivity index (χ1) is 3.72. The molecule has 0 nitrogen and oxygen atoms in total. The molecule has 0 atom stereocenters. The smallest absolute Gasteiger partial charge is 0.114 e. The van der Waals surface area contributed by atoms with E-state index in [2.05, 4.69) is 28.6 Å². The summed E-state index contributed by atoms with van der Waals surface area (Å²) in [5, 5.41) is 0. The molecule has 0 heterocycles. The van der Waals surface area contributed by atoms with Gasteiger partial charge in [0.25, 0.3) is 0 Å². The maximum atomic E-state index is 2.21. The van der Waals surface area contributed by atoms with Crippen molar-refractivity contribution in [3.8, 4) is 0 Å². The van der Waals surface area contributed by atoms with Crippen LogP contribution in [0.15, 0.2) is 11.0 Å². The van der Waals surface area contributed by atoms with Crippen LogP contribution in [0.1, 0.15) is 33.6 Å². The summed E-state index contributed by atoms with van der Waals surface area (Å²) in [6.07, 6.45) is 2.44. The predicted molar refractivity (Wildman–Crippen MR) is 41.8 cm³/mol. The number of rotatable bonds is 2. The van der Waals surface area contributed by atoms with Crippen LogP contribution >= 0.6 is 0 Å². The molecule has 8 heavy (non-hydrogen) atoms. The van der Waals surface area contributed by atoms with Crippen molar-refractivity contribution in [2.75, 3.05) is 0 Å². The van der Waals surface area contributed by atoms with Gasteiger partial charge in [-0.1, -0.05) is 26.3 Å². The second kappa shape index (κ2) is 3.76. The van der Waals surface area contributed by atoms with Crippen LogP contribution in [0, 0.1) is 0 Å². The molecule has 0 fully saturated rings. The molecule has 0 aromatic heterocycles. The van der Waals surface area contributed by atoms with E-state index in [4.69, 9.17) is 0 Å². The summed E-state index contributed by atoms with van der Waals surface area (Å²) in [7, 11) is 2.18. The van der Waals surface area contributed by atoms with Crippen molar-refractivity contribution in [2.24, 2.45) is 0 Å². The quantitative estimate of drug-likeness (QED) is 0.474. The zero-order chi connectivity index (χ0) is 6.57. The summed E-state index contributed by atoms with van der Waals surface area (Å²) in [6.45, 7) is 6.61. The van der Waals surface area contributed by atoms with Gasteiger partial charge in [-0.2, -0.15) is 0 Å². The molecule has 0 spiro atoms. The van der Waals surface area contributed by atoms with Crippen LogP contribution in [0.4, 0.5) is 0 Å². The first-order valence-corrected chi connectivity index (χ1v) is 3.37. The minimum absolute atomic E-state index is 1.22. The Labute approximate surface area is 53.4 Å². The van der Waals surface area contributed by atoms with Gasteiger partial charge in [-0.15, -0.1) is 5.47 Å². The largest absolute Gasteiger partial charge is 0.133 e. The van der Waals surface area contributed by atoms with Crippen LogP contribution in [0.2, 0.25) is 0 Å². The van der Waals surface area contributed by atoms with Crippen molar-refractivity contribution >= 4 is 7.85 Å². The molecule has 0 aliphatic carbocycles. The van der Waals surface area contributed by atoms with Gasteiger partial charge >= 0.3 is 0 Å². The van der Waals surface area contributed by atoms with Crippen LogP contribution in [0.5, 0.6) is 0 Å². The molecule has 0 saturated carbocycles. The Balaban J connectivity index is 3.86. The molecule has 0 aliphatic heterocycles. The van der Waals surface area contributed by atoms with Gasteiger partial charge in [-0.3, -0.25) is 0 Å². The Morgan fingerprint density at radius 3 is 1.62 bits per heavy atom. The SMILES string of the molecule is BC(C)=C(CC)CC. The Morgan fingerprint density at radius 1 is 1.25 bits per heavy atom. The van der Waals surface area contributed by atoms with Gasteiger partial charge in [-0.05, 0) is 12.8 Å². The third kappa shape index (κ3) is 2.20. The van der Waals surface area contributed by atoms with E-state index in [1.54, 1.807) is 5.57 Å². The zero-order valence-corrected chi connectivity index (χ0v) is 6.41. The van der Waals surface area contributed by atoms with Crippen molar-refractivity contribution in [3.05, 3.63) is 11.0 Å². The zero-order valence-electron chi connectivity index (χ0n) is 6.41. The monoisotopic (exact) mass is 110 g/mol. The third-order valence-corrected chi connectivity index (χ3v) is 1.56. The normalized spacial score (nSPS) is 8.88. The minimum atomic E-state index is 1.22. The van der Waals surface area contributed by atoms with Crippen LogP contribution in [-0.2, 0) is 0 Å². The molecular formula is C7H15B. The van der Waals surface area contributed by atoms with E-state index in [9.17, 15) is 0 Å². The fourth-order valence-corrected chi connectivity index (χ4v) is 0.957. The molecule has 0 aromatic rings. The molecule has 0 radical (unpaired) electrons. The molecule has 0 aromatic carbocycles. The van der Waals surface area contributed by atoms with E-state index in [-0.39, 0.29) is 0 Å². The lowest BCUT2D eigenvalue weighted by Gasteiger charge is -2.00. The Morgan fingerprint density at radius 2 is 1.62 bits per heavy atom. The van der Waals surface area contributed by atoms with E-state index in [1.165, 1.54) is 18.3 Å².